The van der Waals surface area contributed by atoms with Gasteiger partial charge in [0.05, 0.1) is 25.0 Å². The van der Waals surface area contributed by atoms with Crippen LogP contribution < -0.4 is 14.4 Å². The van der Waals surface area contributed by atoms with Crippen molar-refractivity contribution in [1.29, 1.82) is 0 Å². The number of anilines is 1. The van der Waals surface area contributed by atoms with Crippen LogP contribution in [0.2, 0.25) is 0 Å². The zero-order chi connectivity index (χ0) is 20.9. The highest BCUT2D eigenvalue weighted by Crippen LogP contribution is 2.25. The second-order valence-electron chi connectivity index (χ2n) is 7.08. The van der Waals surface area contributed by atoms with Crippen molar-refractivity contribution in [1.82, 2.24) is 15.1 Å². The summed E-state index contributed by atoms with van der Waals surface area (Å²) in [7, 11) is 1.66. The fraction of sp³-hybridized carbons (Fsp3) is 0.304. The van der Waals surface area contributed by atoms with Gasteiger partial charge in [0.2, 0.25) is 0 Å². The summed E-state index contributed by atoms with van der Waals surface area (Å²) in [5, 5.41) is 7.58. The van der Waals surface area contributed by atoms with Crippen LogP contribution in [-0.4, -0.2) is 60.9 Å². The van der Waals surface area contributed by atoms with Crippen LogP contribution in [0.1, 0.15) is 17.3 Å². The van der Waals surface area contributed by atoms with E-state index >= 15 is 0 Å². The van der Waals surface area contributed by atoms with E-state index < -0.39 is 0 Å². The Morgan fingerprint density at radius 3 is 2.50 bits per heavy atom. The molecule has 156 valence electrons. The summed E-state index contributed by atoms with van der Waals surface area (Å²) < 4.78 is 10.8. The van der Waals surface area contributed by atoms with Crippen molar-refractivity contribution in [2.45, 2.75) is 6.92 Å². The van der Waals surface area contributed by atoms with E-state index in [2.05, 4.69) is 15.1 Å². The summed E-state index contributed by atoms with van der Waals surface area (Å²) in [5.74, 6) is 2.37. The highest BCUT2D eigenvalue weighted by atomic mass is 16.5. The number of aromatic nitrogens is 2. The number of amides is 1. The number of rotatable bonds is 6. The summed E-state index contributed by atoms with van der Waals surface area (Å²) in [4.78, 5) is 17.1. The van der Waals surface area contributed by atoms with Gasteiger partial charge >= 0.3 is 0 Å². The number of hydrogen-bond donors (Lipinski definition) is 1. The Morgan fingerprint density at radius 2 is 1.80 bits per heavy atom. The maximum atomic E-state index is 13.0. The maximum Gasteiger partial charge on any atom is 0.257 e. The number of benzene rings is 2. The topological polar surface area (TPSA) is 70.7 Å². The van der Waals surface area contributed by atoms with E-state index in [0.717, 1.165) is 35.9 Å². The van der Waals surface area contributed by atoms with E-state index in [0.29, 0.717) is 31.0 Å². The van der Waals surface area contributed by atoms with Crippen molar-refractivity contribution in [3.05, 3.63) is 60.2 Å². The van der Waals surface area contributed by atoms with Crippen molar-refractivity contribution in [2.24, 2.45) is 0 Å². The number of para-hydroxylation sites is 1. The lowest BCUT2D eigenvalue weighted by molar-refractivity contribution is 0.0742. The molecule has 1 saturated heterocycles. The molecule has 1 fully saturated rings. The van der Waals surface area contributed by atoms with Gasteiger partial charge in [-0.2, -0.15) is 5.10 Å². The van der Waals surface area contributed by atoms with E-state index in [-0.39, 0.29) is 5.91 Å². The zero-order valence-electron chi connectivity index (χ0n) is 17.3. The third-order valence-corrected chi connectivity index (χ3v) is 5.27. The van der Waals surface area contributed by atoms with Crippen LogP contribution in [-0.2, 0) is 0 Å². The van der Waals surface area contributed by atoms with Gasteiger partial charge in [0.25, 0.3) is 5.91 Å². The van der Waals surface area contributed by atoms with Gasteiger partial charge in [0, 0.05) is 32.2 Å². The van der Waals surface area contributed by atoms with E-state index in [1.807, 2.05) is 66.4 Å². The summed E-state index contributed by atoms with van der Waals surface area (Å²) in [6.45, 7) is 5.21. The highest BCUT2D eigenvalue weighted by Gasteiger charge is 2.25. The first-order chi connectivity index (χ1) is 14.7. The average Bonchev–Trinajstić information content (AvgIpc) is 3.30. The largest absolute Gasteiger partial charge is 0.497 e. The monoisotopic (exact) mass is 406 g/mol. The smallest absolute Gasteiger partial charge is 0.257 e. The van der Waals surface area contributed by atoms with Gasteiger partial charge in [-0.05, 0) is 48.9 Å². The molecule has 30 heavy (non-hydrogen) atoms. The van der Waals surface area contributed by atoms with Gasteiger partial charge < -0.3 is 19.3 Å². The average molecular weight is 406 g/mol. The molecule has 3 aromatic rings. The Bertz CT molecular complexity index is 992. The van der Waals surface area contributed by atoms with Crippen molar-refractivity contribution in [3.63, 3.8) is 0 Å². The normalized spacial score (nSPS) is 13.9. The molecule has 0 radical (unpaired) electrons. The molecule has 0 saturated carbocycles. The molecule has 0 spiro atoms. The van der Waals surface area contributed by atoms with Gasteiger partial charge in [-0.1, -0.05) is 12.1 Å². The minimum Gasteiger partial charge on any atom is -0.497 e. The second kappa shape index (κ2) is 8.90. The van der Waals surface area contributed by atoms with Crippen LogP contribution in [0, 0.1) is 0 Å². The Kier molecular flexibility index (Phi) is 5.88. The molecule has 2 heterocycles. The second-order valence-corrected chi connectivity index (χ2v) is 7.08. The van der Waals surface area contributed by atoms with Crippen LogP contribution in [0.4, 0.5) is 5.82 Å². The Balaban J connectivity index is 1.40. The first-order valence-electron chi connectivity index (χ1n) is 10.2. The number of carbonyl (C=O) groups excluding carboxylic acids is 1. The number of nitrogens with zero attached hydrogens (tertiary/aromatic N) is 3. The molecule has 0 bridgehead atoms. The molecular weight excluding hydrogens is 380 g/mol. The van der Waals surface area contributed by atoms with Crippen molar-refractivity contribution < 1.29 is 14.3 Å². The number of nitrogens with one attached hydrogen (secondary N) is 1. The number of aromatic amines is 1. The Hall–Kier alpha value is -3.48. The highest BCUT2D eigenvalue weighted by molar-refractivity contribution is 5.97. The molecule has 1 aromatic heterocycles. The molecule has 4 rings (SSSR count). The summed E-state index contributed by atoms with van der Waals surface area (Å²) >= 11 is 0. The first kappa shape index (κ1) is 19.8. The summed E-state index contributed by atoms with van der Waals surface area (Å²) in [5.41, 5.74) is 2.63. The van der Waals surface area contributed by atoms with Gasteiger partial charge in [-0.3, -0.25) is 9.89 Å². The van der Waals surface area contributed by atoms with Crippen LogP contribution in [0.15, 0.2) is 54.6 Å². The lowest BCUT2D eigenvalue weighted by Gasteiger charge is -2.35. The molecule has 2 aromatic carbocycles. The number of ether oxygens (including phenoxy) is 2. The van der Waals surface area contributed by atoms with E-state index in [1.54, 1.807) is 7.11 Å². The third-order valence-electron chi connectivity index (χ3n) is 5.27. The number of methoxy groups -OCH3 is 1. The number of piperazine rings is 1. The van der Waals surface area contributed by atoms with Crippen LogP contribution in [0.5, 0.6) is 11.5 Å². The van der Waals surface area contributed by atoms with Crippen LogP contribution >= 0.6 is 0 Å². The fourth-order valence-electron chi connectivity index (χ4n) is 3.63. The number of hydrogen-bond acceptors (Lipinski definition) is 5. The molecule has 0 aliphatic carbocycles. The molecule has 1 N–H and O–H groups in total. The van der Waals surface area contributed by atoms with Gasteiger partial charge in [0.15, 0.2) is 5.82 Å². The molecule has 1 amide bonds. The lowest BCUT2D eigenvalue weighted by atomic mass is 10.1. The molecule has 7 nitrogen and oxygen atoms in total. The number of H-pyrrole nitrogens is 1. The third kappa shape index (κ3) is 4.10. The number of carbonyl (C=O) groups is 1. The van der Waals surface area contributed by atoms with Crippen molar-refractivity contribution in [3.8, 4) is 22.8 Å². The van der Waals surface area contributed by atoms with Crippen molar-refractivity contribution in [2.75, 3.05) is 44.8 Å². The van der Waals surface area contributed by atoms with E-state index in [1.165, 1.54) is 0 Å². The van der Waals surface area contributed by atoms with Crippen molar-refractivity contribution >= 4 is 11.7 Å². The van der Waals surface area contributed by atoms with E-state index in [9.17, 15) is 4.79 Å². The fourth-order valence-corrected chi connectivity index (χ4v) is 3.63. The van der Waals surface area contributed by atoms with Crippen LogP contribution in [0.3, 0.4) is 0 Å². The molecule has 0 unspecified atom stereocenters. The van der Waals surface area contributed by atoms with Gasteiger partial charge in [0.1, 0.15) is 11.5 Å². The minimum atomic E-state index is 0.0136. The lowest BCUT2D eigenvalue weighted by Crippen LogP contribution is -2.49. The van der Waals surface area contributed by atoms with Gasteiger partial charge in [-0.15, -0.1) is 0 Å². The Morgan fingerprint density at radius 1 is 1.07 bits per heavy atom. The van der Waals surface area contributed by atoms with Gasteiger partial charge in [-0.25, -0.2) is 0 Å². The van der Waals surface area contributed by atoms with E-state index in [4.69, 9.17) is 9.47 Å². The summed E-state index contributed by atoms with van der Waals surface area (Å²) in [6, 6.07) is 17.3. The molecule has 0 atom stereocenters. The summed E-state index contributed by atoms with van der Waals surface area (Å²) in [6.07, 6.45) is 0. The molecule has 7 heteroatoms. The predicted molar refractivity (Wildman–Crippen MR) is 116 cm³/mol. The first-order valence-corrected chi connectivity index (χ1v) is 10.2. The predicted octanol–water partition coefficient (Wildman–Crippen LogP) is 3.45. The molecule has 1 aliphatic heterocycles. The molecule has 1 aliphatic rings. The molecular formula is C23H26N4O3. The van der Waals surface area contributed by atoms with Crippen LogP contribution in [0.25, 0.3) is 11.3 Å². The quantitative estimate of drug-likeness (QED) is 0.679. The maximum absolute atomic E-state index is 13.0. The Labute approximate surface area is 176 Å². The standard InChI is InChI=1S/C23H26N4O3/c1-3-30-21-7-5-4-6-19(21)23(28)27-14-12-26(13-15-27)22-16-20(24-25-22)17-8-10-18(29-2)11-9-17/h4-11,16H,3,12-15H2,1-2H3,(H,24,25). The minimum absolute atomic E-state index is 0.0136. The SMILES string of the molecule is CCOc1ccccc1C(=O)N1CCN(c2cc(-c3ccc(OC)cc3)[nH]n2)CC1. The zero-order valence-corrected chi connectivity index (χ0v) is 17.3.